The number of anilines is 2. The lowest BCUT2D eigenvalue weighted by molar-refractivity contribution is -0.138. The molecule has 2 aromatic heterocycles. The highest BCUT2D eigenvalue weighted by molar-refractivity contribution is 5.91. The van der Waals surface area contributed by atoms with Crippen molar-refractivity contribution in [3.05, 3.63) is 53.2 Å². The molecule has 0 radical (unpaired) electrons. The first-order chi connectivity index (χ1) is 17.2. The van der Waals surface area contributed by atoms with Crippen LogP contribution in [0.5, 0.6) is 0 Å². The molecule has 3 aromatic rings. The molecule has 190 valence electrons. The minimum absolute atomic E-state index is 0.105. The van der Waals surface area contributed by atoms with Crippen molar-refractivity contribution in [1.82, 2.24) is 19.9 Å². The van der Waals surface area contributed by atoms with E-state index >= 15 is 0 Å². The third kappa shape index (κ3) is 4.54. The maximum Gasteiger partial charge on any atom is 0.266 e. The average Bonchev–Trinajstić information content (AvgIpc) is 3.61. The van der Waals surface area contributed by atoms with Crippen LogP contribution in [0.4, 0.5) is 29.2 Å². The van der Waals surface area contributed by atoms with Crippen molar-refractivity contribution in [3.63, 3.8) is 0 Å². The lowest BCUT2D eigenvalue weighted by atomic mass is 10.0. The molecule has 1 saturated carbocycles. The number of aromatic nitrogens is 3. The Morgan fingerprint density at radius 3 is 2.47 bits per heavy atom. The Labute approximate surface area is 205 Å². The van der Waals surface area contributed by atoms with Gasteiger partial charge >= 0.3 is 0 Å². The molecule has 2 fully saturated rings. The SMILES string of the molecule is Cc1nc(NC(C)c2cccc(C(F)F)c2F)c2cc(N3CCN(C(=O)C4(F)CC4)CC3)ncc2n1. The summed E-state index contributed by atoms with van der Waals surface area (Å²) < 4.78 is 55.2. The molecule has 1 aromatic carbocycles. The summed E-state index contributed by atoms with van der Waals surface area (Å²) in [6.07, 6.45) is -0.709. The molecule has 5 rings (SSSR count). The van der Waals surface area contributed by atoms with E-state index in [1.165, 1.54) is 12.1 Å². The number of aryl methyl sites for hydroxylation is 1. The van der Waals surface area contributed by atoms with Crippen LogP contribution in [0.3, 0.4) is 0 Å². The molecule has 36 heavy (non-hydrogen) atoms. The molecule has 1 aliphatic heterocycles. The molecular formula is C25H26F4N6O. The molecule has 0 spiro atoms. The molecule has 2 aliphatic rings. The number of pyridine rings is 1. The van der Waals surface area contributed by atoms with E-state index < -0.39 is 35.4 Å². The fourth-order valence-electron chi connectivity index (χ4n) is 4.52. The van der Waals surface area contributed by atoms with Gasteiger partial charge in [0.15, 0.2) is 5.67 Å². The molecule has 1 saturated heterocycles. The third-order valence-corrected chi connectivity index (χ3v) is 6.76. The number of fused-ring (bicyclic) bond motifs is 1. The smallest absolute Gasteiger partial charge is 0.266 e. The van der Waals surface area contributed by atoms with E-state index in [1.807, 2.05) is 11.0 Å². The number of hydrogen-bond acceptors (Lipinski definition) is 6. The molecule has 0 bridgehead atoms. The Morgan fingerprint density at radius 1 is 1.11 bits per heavy atom. The minimum atomic E-state index is -2.91. The lowest BCUT2D eigenvalue weighted by Crippen LogP contribution is -2.51. The first-order valence-corrected chi connectivity index (χ1v) is 11.9. The van der Waals surface area contributed by atoms with Gasteiger partial charge in [-0.15, -0.1) is 0 Å². The Kier molecular flexibility index (Phi) is 6.17. The van der Waals surface area contributed by atoms with Crippen molar-refractivity contribution >= 4 is 28.4 Å². The number of hydrogen-bond donors (Lipinski definition) is 1. The number of carbonyl (C=O) groups is 1. The molecular weight excluding hydrogens is 476 g/mol. The second kappa shape index (κ2) is 9.18. The van der Waals surface area contributed by atoms with Crippen LogP contribution in [0, 0.1) is 12.7 Å². The summed E-state index contributed by atoms with van der Waals surface area (Å²) in [5.41, 5.74) is -1.64. The van der Waals surface area contributed by atoms with Crippen LogP contribution in [0.2, 0.25) is 0 Å². The molecule has 7 nitrogen and oxygen atoms in total. The molecule has 1 aliphatic carbocycles. The van der Waals surface area contributed by atoms with Gasteiger partial charge in [0.05, 0.1) is 23.3 Å². The second-order valence-corrected chi connectivity index (χ2v) is 9.34. The highest BCUT2D eigenvalue weighted by atomic mass is 19.3. The Hall–Kier alpha value is -3.50. The van der Waals surface area contributed by atoms with E-state index in [0.29, 0.717) is 67.4 Å². The summed E-state index contributed by atoms with van der Waals surface area (Å²) in [7, 11) is 0. The molecule has 11 heteroatoms. The van der Waals surface area contributed by atoms with E-state index in [4.69, 9.17) is 0 Å². The van der Waals surface area contributed by atoms with Gasteiger partial charge in [-0.2, -0.15) is 0 Å². The second-order valence-electron chi connectivity index (χ2n) is 9.34. The lowest BCUT2D eigenvalue weighted by Gasteiger charge is -2.36. The van der Waals surface area contributed by atoms with Crippen molar-refractivity contribution in [2.24, 2.45) is 0 Å². The Balaban J connectivity index is 1.39. The molecule has 1 unspecified atom stereocenters. The summed E-state index contributed by atoms with van der Waals surface area (Å²) in [5.74, 6) is 0.170. The van der Waals surface area contributed by atoms with Gasteiger partial charge in [0.1, 0.15) is 23.3 Å². The van der Waals surface area contributed by atoms with E-state index in [1.54, 1.807) is 24.9 Å². The van der Waals surface area contributed by atoms with Crippen molar-refractivity contribution in [3.8, 4) is 0 Å². The van der Waals surface area contributed by atoms with Crippen LogP contribution < -0.4 is 10.2 Å². The summed E-state index contributed by atoms with van der Waals surface area (Å²) >= 11 is 0. The normalized spacial score (nSPS) is 18.0. The first-order valence-electron chi connectivity index (χ1n) is 11.9. The van der Waals surface area contributed by atoms with Gasteiger partial charge in [0.25, 0.3) is 12.3 Å². The third-order valence-electron chi connectivity index (χ3n) is 6.76. The largest absolute Gasteiger partial charge is 0.363 e. The summed E-state index contributed by atoms with van der Waals surface area (Å²) in [5, 5.41) is 3.79. The highest BCUT2D eigenvalue weighted by Gasteiger charge is 2.53. The van der Waals surface area contributed by atoms with Crippen LogP contribution in [0.25, 0.3) is 10.9 Å². The van der Waals surface area contributed by atoms with E-state index in [2.05, 4.69) is 20.3 Å². The van der Waals surface area contributed by atoms with Crippen LogP contribution in [0.1, 0.15) is 49.2 Å². The van der Waals surface area contributed by atoms with E-state index in [-0.39, 0.29) is 5.56 Å². The summed E-state index contributed by atoms with van der Waals surface area (Å²) in [4.78, 5) is 29.3. The zero-order chi connectivity index (χ0) is 25.6. The number of halogens is 4. The van der Waals surface area contributed by atoms with Crippen LogP contribution in [-0.2, 0) is 4.79 Å². The van der Waals surface area contributed by atoms with Gasteiger partial charge in [0.2, 0.25) is 0 Å². The van der Waals surface area contributed by atoms with Crippen LogP contribution in [0.15, 0.2) is 30.5 Å². The maximum atomic E-state index is 14.7. The fraction of sp³-hybridized carbons (Fsp3) is 0.440. The van der Waals surface area contributed by atoms with Gasteiger partial charge in [-0.05, 0) is 32.8 Å². The van der Waals surface area contributed by atoms with Crippen molar-refractivity contribution in [2.45, 2.75) is 44.8 Å². The van der Waals surface area contributed by atoms with Gasteiger partial charge in [-0.25, -0.2) is 32.5 Å². The van der Waals surface area contributed by atoms with Crippen LogP contribution in [-0.4, -0.2) is 57.6 Å². The monoisotopic (exact) mass is 502 g/mol. The molecule has 1 N–H and O–H groups in total. The maximum absolute atomic E-state index is 14.7. The van der Waals surface area contributed by atoms with Gasteiger partial charge < -0.3 is 15.1 Å². The number of alkyl halides is 3. The van der Waals surface area contributed by atoms with Crippen molar-refractivity contribution in [1.29, 1.82) is 0 Å². The quantitative estimate of drug-likeness (QED) is 0.491. The minimum Gasteiger partial charge on any atom is -0.363 e. The highest BCUT2D eigenvalue weighted by Crippen LogP contribution is 2.41. The number of carbonyl (C=O) groups excluding carboxylic acids is 1. The number of nitrogens with zero attached hydrogens (tertiary/aromatic N) is 5. The topological polar surface area (TPSA) is 74.2 Å². The standard InChI is InChI=1S/C25H26F4N6O/c1-14(16-4-3-5-17(21(16)26)22(27)28)31-23-18-12-20(30-13-19(18)32-15(2)33-23)34-8-10-35(11-9-34)24(36)25(29)6-7-25/h3-5,12-14,22H,6-11H2,1-2H3,(H,31,32,33). The molecule has 1 amide bonds. The number of piperazine rings is 1. The first kappa shape index (κ1) is 24.2. The van der Waals surface area contributed by atoms with E-state index in [0.717, 1.165) is 6.07 Å². The number of amides is 1. The average molecular weight is 503 g/mol. The van der Waals surface area contributed by atoms with E-state index in [9.17, 15) is 22.4 Å². The van der Waals surface area contributed by atoms with Crippen molar-refractivity contribution < 1.29 is 22.4 Å². The Bertz CT molecular complexity index is 1310. The van der Waals surface area contributed by atoms with Crippen LogP contribution >= 0.6 is 0 Å². The Morgan fingerprint density at radius 2 is 1.81 bits per heavy atom. The number of rotatable bonds is 6. The molecule has 1 atom stereocenters. The number of benzene rings is 1. The van der Waals surface area contributed by atoms with Crippen molar-refractivity contribution in [2.75, 3.05) is 36.4 Å². The zero-order valence-corrected chi connectivity index (χ0v) is 19.9. The summed E-state index contributed by atoms with van der Waals surface area (Å²) in [6, 6.07) is 5.10. The summed E-state index contributed by atoms with van der Waals surface area (Å²) in [6.45, 7) is 5.18. The predicted octanol–water partition coefficient (Wildman–Crippen LogP) is 4.73. The number of nitrogens with one attached hydrogen (secondary N) is 1. The van der Waals surface area contributed by atoms with Gasteiger partial charge in [0, 0.05) is 37.1 Å². The zero-order valence-electron chi connectivity index (χ0n) is 19.9. The molecule has 3 heterocycles. The van der Waals surface area contributed by atoms with Gasteiger partial charge in [-0.3, -0.25) is 4.79 Å². The van der Waals surface area contributed by atoms with Gasteiger partial charge in [-0.1, -0.05) is 18.2 Å². The predicted molar refractivity (Wildman–Crippen MR) is 127 cm³/mol. The fourth-order valence-corrected chi connectivity index (χ4v) is 4.52.